The highest BCUT2D eigenvalue weighted by atomic mass is 32.2. The van der Waals surface area contributed by atoms with Gasteiger partial charge in [-0.05, 0) is 35.4 Å². The summed E-state index contributed by atoms with van der Waals surface area (Å²) in [6.45, 7) is 2.92. The largest absolute Gasteiger partial charge is 0.378 e. The van der Waals surface area contributed by atoms with Crippen LogP contribution in [0, 0.1) is 0 Å². The maximum atomic E-state index is 12.7. The topological polar surface area (TPSA) is 71.5 Å². The lowest BCUT2D eigenvalue weighted by Crippen LogP contribution is -2.36. The maximum Gasteiger partial charge on any atom is 0.261 e. The SMILES string of the molecule is O=S(=O)(Nc1ccc(N2CCOCC2)nc1)c1ccc(-c2ccccc2)cc1. The molecule has 0 bridgehead atoms. The normalized spacial score (nSPS) is 14.6. The molecule has 4 rings (SSSR count). The van der Waals surface area contributed by atoms with Crippen molar-refractivity contribution in [2.24, 2.45) is 0 Å². The minimum absolute atomic E-state index is 0.212. The third-order valence-electron chi connectivity index (χ3n) is 4.61. The average Bonchev–Trinajstić information content (AvgIpc) is 2.75. The smallest absolute Gasteiger partial charge is 0.261 e. The van der Waals surface area contributed by atoms with Gasteiger partial charge in [0, 0.05) is 13.1 Å². The number of nitrogens with zero attached hydrogens (tertiary/aromatic N) is 2. The van der Waals surface area contributed by atoms with Crippen LogP contribution in [-0.4, -0.2) is 39.7 Å². The molecule has 1 fully saturated rings. The lowest BCUT2D eigenvalue weighted by Gasteiger charge is -2.27. The van der Waals surface area contributed by atoms with Crippen LogP contribution >= 0.6 is 0 Å². The van der Waals surface area contributed by atoms with Crippen molar-refractivity contribution in [2.45, 2.75) is 4.90 Å². The van der Waals surface area contributed by atoms with E-state index in [9.17, 15) is 8.42 Å². The zero-order valence-corrected chi connectivity index (χ0v) is 16.1. The molecule has 1 N–H and O–H groups in total. The predicted molar refractivity (Wildman–Crippen MR) is 110 cm³/mol. The van der Waals surface area contributed by atoms with Crippen LogP contribution in [0.4, 0.5) is 11.5 Å². The molecule has 7 heteroatoms. The van der Waals surface area contributed by atoms with Crippen LogP contribution in [0.15, 0.2) is 77.8 Å². The lowest BCUT2D eigenvalue weighted by atomic mass is 10.1. The van der Waals surface area contributed by atoms with E-state index in [0.717, 1.165) is 30.0 Å². The molecule has 3 aromatic rings. The number of sulfonamides is 1. The molecule has 0 spiro atoms. The third kappa shape index (κ3) is 4.16. The minimum Gasteiger partial charge on any atom is -0.378 e. The number of rotatable bonds is 5. The van der Waals surface area contributed by atoms with Crippen molar-refractivity contribution in [1.82, 2.24) is 4.98 Å². The molecule has 0 saturated carbocycles. The molecule has 0 atom stereocenters. The second kappa shape index (κ2) is 8.00. The molecule has 1 aliphatic heterocycles. The molecule has 2 heterocycles. The monoisotopic (exact) mass is 395 g/mol. The Balaban J connectivity index is 1.48. The van der Waals surface area contributed by atoms with Gasteiger partial charge in [-0.25, -0.2) is 13.4 Å². The average molecular weight is 395 g/mol. The van der Waals surface area contributed by atoms with Gasteiger partial charge in [0.1, 0.15) is 5.82 Å². The first-order valence-electron chi connectivity index (χ1n) is 9.09. The molecule has 1 aromatic heterocycles. The molecular formula is C21H21N3O3S. The van der Waals surface area contributed by atoms with Crippen molar-refractivity contribution in [1.29, 1.82) is 0 Å². The quantitative estimate of drug-likeness (QED) is 0.717. The van der Waals surface area contributed by atoms with Gasteiger partial charge in [-0.2, -0.15) is 0 Å². The first-order chi connectivity index (χ1) is 13.6. The Bertz CT molecular complexity index is 1010. The van der Waals surface area contributed by atoms with E-state index in [1.165, 1.54) is 0 Å². The van der Waals surface area contributed by atoms with Gasteiger partial charge in [0.25, 0.3) is 10.0 Å². The van der Waals surface area contributed by atoms with Gasteiger partial charge in [-0.15, -0.1) is 0 Å². The molecule has 0 aliphatic carbocycles. The van der Waals surface area contributed by atoms with E-state index in [1.807, 2.05) is 48.5 Å². The molecule has 28 heavy (non-hydrogen) atoms. The van der Waals surface area contributed by atoms with E-state index < -0.39 is 10.0 Å². The summed E-state index contributed by atoms with van der Waals surface area (Å²) in [6, 6.07) is 20.2. The summed E-state index contributed by atoms with van der Waals surface area (Å²) in [5.74, 6) is 0.818. The first-order valence-corrected chi connectivity index (χ1v) is 10.6. The van der Waals surface area contributed by atoms with E-state index >= 15 is 0 Å². The Labute approximate surface area is 164 Å². The van der Waals surface area contributed by atoms with Crippen molar-refractivity contribution >= 4 is 21.5 Å². The van der Waals surface area contributed by atoms with E-state index in [0.29, 0.717) is 18.9 Å². The van der Waals surface area contributed by atoms with Gasteiger partial charge in [-0.3, -0.25) is 4.72 Å². The molecule has 0 unspecified atom stereocenters. The molecule has 2 aromatic carbocycles. The van der Waals surface area contributed by atoms with Crippen molar-refractivity contribution < 1.29 is 13.2 Å². The van der Waals surface area contributed by atoms with Crippen LogP contribution in [0.3, 0.4) is 0 Å². The van der Waals surface area contributed by atoms with Crippen LogP contribution in [0.1, 0.15) is 0 Å². The van der Waals surface area contributed by atoms with Crippen LogP contribution in [0.2, 0.25) is 0 Å². The number of aromatic nitrogens is 1. The summed E-state index contributed by atoms with van der Waals surface area (Å²) >= 11 is 0. The summed E-state index contributed by atoms with van der Waals surface area (Å²) in [6.07, 6.45) is 1.54. The first kappa shape index (κ1) is 18.5. The van der Waals surface area contributed by atoms with Crippen molar-refractivity contribution in [3.8, 4) is 11.1 Å². The third-order valence-corrected chi connectivity index (χ3v) is 6.00. The van der Waals surface area contributed by atoms with Crippen molar-refractivity contribution in [2.75, 3.05) is 35.9 Å². The Morgan fingerprint density at radius 1 is 0.857 bits per heavy atom. The standard InChI is InChI=1S/C21H21N3O3S/c25-28(26,20-9-6-18(7-10-20)17-4-2-1-3-5-17)23-19-8-11-21(22-16-19)24-12-14-27-15-13-24/h1-11,16,23H,12-15H2. The number of nitrogens with one attached hydrogen (secondary N) is 1. The second-order valence-electron chi connectivity index (χ2n) is 6.50. The number of hydrogen-bond acceptors (Lipinski definition) is 5. The number of pyridine rings is 1. The molecule has 0 amide bonds. The summed E-state index contributed by atoms with van der Waals surface area (Å²) in [7, 11) is -3.67. The fourth-order valence-electron chi connectivity index (χ4n) is 3.10. The Morgan fingerprint density at radius 3 is 2.18 bits per heavy atom. The van der Waals surface area contributed by atoms with E-state index in [4.69, 9.17) is 4.74 Å². The number of ether oxygens (including phenoxy) is 1. The summed E-state index contributed by atoms with van der Waals surface area (Å²) in [5, 5.41) is 0. The molecule has 1 saturated heterocycles. The molecule has 6 nitrogen and oxygen atoms in total. The highest BCUT2D eigenvalue weighted by Crippen LogP contribution is 2.23. The van der Waals surface area contributed by atoms with Crippen LogP contribution in [-0.2, 0) is 14.8 Å². The summed E-state index contributed by atoms with van der Waals surface area (Å²) < 4.78 is 33.3. The number of anilines is 2. The number of morpholine rings is 1. The zero-order valence-electron chi connectivity index (χ0n) is 15.3. The summed E-state index contributed by atoms with van der Waals surface area (Å²) in [5.41, 5.74) is 2.45. The van der Waals surface area contributed by atoms with Gasteiger partial charge in [0.15, 0.2) is 0 Å². The zero-order chi connectivity index (χ0) is 19.4. The van der Waals surface area contributed by atoms with E-state index in [1.54, 1.807) is 24.4 Å². The van der Waals surface area contributed by atoms with Crippen LogP contribution in [0.25, 0.3) is 11.1 Å². The lowest BCUT2D eigenvalue weighted by molar-refractivity contribution is 0.122. The summed E-state index contributed by atoms with van der Waals surface area (Å²) in [4.78, 5) is 6.71. The fourth-order valence-corrected chi connectivity index (χ4v) is 4.14. The van der Waals surface area contributed by atoms with E-state index in [2.05, 4.69) is 14.6 Å². The molecule has 0 radical (unpaired) electrons. The van der Waals surface area contributed by atoms with Gasteiger partial charge >= 0.3 is 0 Å². The Kier molecular flexibility index (Phi) is 5.27. The van der Waals surface area contributed by atoms with Crippen LogP contribution < -0.4 is 9.62 Å². The highest BCUT2D eigenvalue weighted by molar-refractivity contribution is 7.92. The highest BCUT2D eigenvalue weighted by Gasteiger charge is 2.16. The van der Waals surface area contributed by atoms with Gasteiger partial charge < -0.3 is 9.64 Å². The Morgan fingerprint density at radius 2 is 1.54 bits per heavy atom. The predicted octanol–water partition coefficient (Wildman–Crippen LogP) is 3.39. The second-order valence-corrected chi connectivity index (χ2v) is 8.18. The van der Waals surface area contributed by atoms with Gasteiger partial charge in [-0.1, -0.05) is 42.5 Å². The van der Waals surface area contributed by atoms with Crippen molar-refractivity contribution in [3.05, 3.63) is 72.9 Å². The molecule has 1 aliphatic rings. The van der Waals surface area contributed by atoms with Crippen LogP contribution in [0.5, 0.6) is 0 Å². The minimum atomic E-state index is -3.67. The number of hydrogen-bond donors (Lipinski definition) is 1. The Hall–Kier alpha value is -2.90. The van der Waals surface area contributed by atoms with E-state index in [-0.39, 0.29) is 4.90 Å². The fraction of sp³-hybridized carbons (Fsp3) is 0.190. The van der Waals surface area contributed by atoms with Gasteiger partial charge in [0.05, 0.1) is 30.0 Å². The van der Waals surface area contributed by atoms with Crippen molar-refractivity contribution in [3.63, 3.8) is 0 Å². The molecular weight excluding hydrogens is 374 g/mol. The maximum absolute atomic E-state index is 12.7. The van der Waals surface area contributed by atoms with Gasteiger partial charge in [0.2, 0.25) is 0 Å². The molecule has 144 valence electrons. The number of benzene rings is 2.